The monoisotopic (exact) mass is 332 g/mol. The van der Waals surface area contributed by atoms with Crippen LogP contribution in [0.25, 0.3) is 11.1 Å². The summed E-state index contributed by atoms with van der Waals surface area (Å²) < 4.78 is 0. The zero-order chi connectivity index (χ0) is 17.0. The standard InChI is InChI=1S/C18H21ClN2O2/c1-3-21(11-10-16(20)22)15-9-4-12(2)17(18(15)23)13-5-7-14(19)8-6-13/h4-9,23H,3,10-11H2,1-2H3,(H2,20,22). The minimum Gasteiger partial charge on any atom is -0.505 e. The van der Waals surface area contributed by atoms with Crippen molar-refractivity contribution in [3.63, 3.8) is 0 Å². The molecule has 0 unspecified atom stereocenters. The molecule has 2 rings (SSSR count). The van der Waals surface area contributed by atoms with E-state index in [1.807, 2.05) is 43.0 Å². The maximum atomic E-state index is 11.0. The average Bonchev–Trinajstić information content (AvgIpc) is 2.51. The van der Waals surface area contributed by atoms with Crippen molar-refractivity contribution in [1.82, 2.24) is 0 Å². The number of nitrogens with two attached hydrogens (primary N) is 1. The van der Waals surface area contributed by atoms with Crippen LogP contribution < -0.4 is 10.6 Å². The maximum Gasteiger partial charge on any atom is 0.219 e. The first-order chi connectivity index (χ1) is 10.9. The molecule has 0 saturated carbocycles. The van der Waals surface area contributed by atoms with Crippen molar-refractivity contribution >= 4 is 23.2 Å². The van der Waals surface area contributed by atoms with Gasteiger partial charge >= 0.3 is 0 Å². The maximum absolute atomic E-state index is 11.0. The van der Waals surface area contributed by atoms with Gasteiger partial charge in [0.2, 0.25) is 5.91 Å². The number of nitrogens with zero attached hydrogens (tertiary/aromatic N) is 1. The second-order valence-corrected chi connectivity index (χ2v) is 5.86. The number of phenols is 1. The number of aryl methyl sites for hydroxylation is 1. The first-order valence-electron chi connectivity index (χ1n) is 7.55. The number of primary amides is 1. The predicted octanol–water partition coefficient (Wildman–Crippen LogP) is 3.72. The predicted molar refractivity (Wildman–Crippen MR) is 95.0 cm³/mol. The second-order valence-electron chi connectivity index (χ2n) is 5.43. The minimum atomic E-state index is -0.354. The molecule has 0 aliphatic heterocycles. The van der Waals surface area contributed by atoms with E-state index in [-0.39, 0.29) is 18.1 Å². The number of carbonyl (C=O) groups is 1. The number of halogens is 1. The van der Waals surface area contributed by atoms with Crippen LogP contribution in [-0.2, 0) is 4.79 Å². The van der Waals surface area contributed by atoms with Gasteiger partial charge < -0.3 is 15.7 Å². The van der Waals surface area contributed by atoms with Crippen LogP contribution in [0.5, 0.6) is 5.75 Å². The van der Waals surface area contributed by atoms with E-state index in [1.54, 1.807) is 12.1 Å². The summed E-state index contributed by atoms with van der Waals surface area (Å²) in [5, 5.41) is 11.4. The molecule has 0 saturated heterocycles. The highest BCUT2D eigenvalue weighted by Gasteiger charge is 2.16. The van der Waals surface area contributed by atoms with Gasteiger partial charge in [0.15, 0.2) is 0 Å². The van der Waals surface area contributed by atoms with Gasteiger partial charge in [0.25, 0.3) is 0 Å². The largest absolute Gasteiger partial charge is 0.505 e. The lowest BCUT2D eigenvalue weighted by atomic mass is 9.98. The third-order valence-corrected chi connectivity index (χ3v) is 4.10. The zero-order valence-electron chi connectivity index (χ0n) is 13.3. The third kappa shape index (κ3) is 3.96. The molecule has 0 spiro atoms. The summed E-state index contributed by atoms with van der Waals surface area (Å²) >= 11 is 5.94. The SMILES string of the molecule is CCN(CCC(N)=O)c1ccc(C)c(-c2ccc(Cl)cc2)c1O. The summed E-state index contributed by atoms with van der Waals surface area (Å²) in [5.74, 6) is -0.147. The fourth-order valence-electron chi connectivity index (χ4n) is 2.61. The molecule has 0 aliphatic carbocycles. The topological polar surface area (TPSA) is 66.6 Å². The van der Waals surface area contributed by atoms with Gasteiger partial charge in [0.1, 0.15) is 5.75 Å². The van der Waals surface area contributed by atoms with Crippen LogP contribution in [0.4, 0.5) is 5.69 Å². The van der Waals surface area contributed by atoms with E-state index in [2.05, 4.69) is 0 Å². The van der Waals surface area contributed by atoms with Crippen molar-refractivity contribution in [2.75, 3.05) is 18.0 Å². The number of benzene rings is 2. The Bertz CT molecular complexity index is 699. The molecule has 3 N–H and O–H groups in total. The van der Waals surface area contributed by atoms with E-state index < -0.39 is 0 Å². The molecule has 0 aliphatic rings. The molecule has 0 atom stereocenters. The van der Waals surface area contributed by atoms with Gasteiger partial charge in [-0.15, -0.1) is 0 Å². The van der Waals surface area contributed by atoms with Crippen LogP contribution in [0.15, 0.2) is 36.4 Å². The molecule has 0 fully saturated rings. The van der Waals surface area contributed by atoms with Crippen LogP contribution in [0.2, 0.25) is 5.02 Å². The fourth-order valence-corrected chi connectivity index (χ4v) is 2.74. The second kappa shape index (κ2) is 7.38. The summed E-state index contributed by atoms with van der Waals surface area (Å²) in [6.07, 6.45) is 0.247. The molecule has 0 heterocycles. The molecule has 2 aromatic carbocycles. The highest BCUT2D eigenvalue weighted by Crippen LogP contribution is 2.40. The molecule has 0 aromatic heterocycles. The van der Waals surface area contributed by atoms with Crippen LogP contribution in [0, 0.1) is 6.92 Å². The summed E-state index contributed by atoms with van der Waals surface area (Å²) in [4.78, 5) is 13.0. The van der Waals surface area contributed by atoms with Gasteiger partial charge in [-0.3, -0.25) is 4.79 Å². The minimum absolute atomic E-state index is 0.207. The molecule has 4 nitrogen and oxygen atoms in total. The smallest absolute Gasteiger partial charge is 0.219 e. The number of hydrogen-bond acceptors (Lipinski definition) is 3. The lowest BCUT2D eigenvalue weighted by Crippen LogP contribution is -2.28. The molecule has 0 radical (unpaired) electrons. The van der Waals surface area contributed by atoms with Crippen LogP contribution >= 0.6 is 11.6 Å². The van der Waals surface area contributed by atoms with E-state index in [9.17, 15) is 9.90 Å². The number of anilines is 1. The van der Waals surface area contributed by atoms with Crippen LogP contribution in [0.3, 0.4) is 0 Å². The molecule has 122 valence electrons. The van der Waals surface area contributed by atoms with Crippen molar-refractivity contribution in [3.05, 3.63) is 47.0 Å². The molecule has 0 bridgehead atoms. The van der Waals surface area contributed by atoms with Crippen LogP contribution in [0.1, 0.15) is 18.9 Å². The Morgan fingerprint density at radius 2 is 1.87 bits per heavy atom. The first kappa shape index (κ1) is 17.2. The molecular weight excluding hydrogens is 312 g/mol. The number of carbonyl (C=O) groups excluding carboxylic acids is 1. The van der Waals surface area contributed by atoms with Gasteiger partial charge in [-0.05, 0) is 43.2 Å². The summed E-state index contributed by atoms with van der Waals surface area (Å²) in [6, 6.07) is 11.2. The average molecular weight is 333 g/mol. The molecule has 1 amide bonds. The van der Waals surface area contributed by atoms with Crippen molar-refractivity contribution in [1.29, 1.82) is 0 Å². The van der Waals surface area contributed by atoms with E-state index >= 15 is 0 Å². The van der Waals surface area contributed by atoms with Crippen molar-refractivity contribution < 1.29 is 9.90 Å². The van der Waals surface area contributed by atoms with Gasteiger partial charge in [-0.1, -0.05) is 29.8 Å². The highest BCUT2D eigenvalue weighted by molar-refractivity contribution is 6.30. The highest BCUT2D eigenvalue weighted by atomic mass is 35.5. The van der Waals surface area contributed by atoms with Gasteiger partial charge in [-0.25, -0.2) is 0 Å². The lowest BCUT2D eigenvalue weighted by molar-refractivity contribution is -0.117. The van der Waals surface area contributed by atoms with E-state index in [0.29, 0.717) is 23.8 Å². The van der Waals surface area contributed by atoms with Crippen molar-refractivity contribution in [2.45, 2.75) is 20.3 Å². The van der Waals surface area contributed by atoms with E-state index in [4.69, 9.17) is 17.3 Å². The Labute approximate surface area is 141 Å². The Morgan fingerprint density at radius 3 is 2.43 bits per heavy atom. The summed E-state index contributed by atoms with van der Waals surface area (Å²) in [6.45, 7) is 5.07. The van der Waals surface area contributed by atoms with Gasteiger partial charge in [0.05, 0.1) is 5.69 Å². The van der Waals surface area contributed by atoms with E-state index in [1.165, 1.54) is 0 Å². The molecule has 5 heteroatoms. The van der Waals surface area contributed by atoms with Crippen molar-refractivity contribution in [3.8, 4) is 16.9 Å². The zero-order valence-corrected chi connectivity index (χ0v) is 14.1. The molecular formula is C18H21ClN2O2. The number of aromatic hydroxyl groups is 1. The normalized spacial score (nSPS) is 10.6. The number of phenolic OH excluding ortho intramolecular Hbond substituents is 1. The van der Waals surface area contributed by atoms with Gasteiger partial charge in [-0.2, -0.15) is 0 Å². The Morgan fingerprint density at radius 1 is 1.22 bits per heavy atom. The number of rotatable bonds is 6. The van der Waals surface area contributed by atoms with Crippen LogP contribution in [-0.4, -0.2) is 24.1 Å². The summed E-state index contributed by atoms with van der Waals surface area (Å²) in [5.41, 5.74) is 8.58. The Balaban J connectivity index is 2.45. The first-order valence-corrected chi connectivity index (χ1v) is 7.93. The number of hydrogen-bond donors (Lipinski definition) is 2. The van der Waals surface area contributed by atoms with E-state index in [0.717, 1.165) is 16.7 Å². The molecule has 2 aromatic rings. The number of amides is 1. The Kier molecular flexibility index (Phi) is 5.50. The molecule has 23 heavy (non-hydrogen) atoms. The Hall–Kier alpha value is -2.20. The summed E-state index contributed by atoms with van der Waals surface area (Å²) in [7, 11) is 0. The fraction of sp³-hybridized carbons (Fsp3) is 0.278. The third-order valence-electron chi connectivity index (χ3n) is 3.85. The van der Waals surface area contributed by atoms with Crippen molar-refractivity contribution in [2.24, 2.45) is 5.73 Å². The van der Waals surface area contributed by atoms with Gasteiger partial charge in [0, 0.05) is 30.1 Å². The lowest BCUT2D eigenvalue weighted by Gasteiger charge is -2.25. The quantitative estimate of drug-likeness (QED) is 0.847.